The minimum absolute atomic E-state index is 0.0183. The molecule has 0 aliphatic carbocycles. The molecule has 0 unspecified atom stereocenters. The molecule has 0 atom stereocenters. The predicted octanol–water partition coefficient (Wildman–Crippen LogP) is 6.35. The van der Waals surface area contributed by atoms with E-state index in [9.17, 15) is 18.4 Å². The highest BCUT2D eigenvalue weighted by Gasteiger charge is 2.26. The summed E-state index contributed by atoms with van der Waals surface area (Å²) in [6.07, 6.45) is -1.54. The molecule has 0 fully saturated rings. The van der Waals surface area contributed by atoms with E-state index in [1.54, 1.807) is 42.5 Å². The molecule has 4 rings (SSSR count). The van der Waals surface area contributed by atoms with Crippen molar-refractivity contribution in [3.05, 3.63) is 93.7 Å². The second-order valence-electron chi connectivity index (χ2n) is 7.62. The standard InChI is InChI=1S/C25H18Cl2F2N4O2/c1-33-12-18(22(32-33)23(28)29)16-6-4-7-17(24(30)34)21(16)25(35)31-20-8-3-2-5-15(20)14-10-9-13(26)11-19(14)27/h2-12,23H,1H3,(H2,30,34)(H,31,35). The van der Waals surface area contributed by atoms with Gasteiger partial charge >= 0.3 is 0 Å². The van der Waals surface area contributed by atoms with Crippen LogP contribution in [0.15, 0.2) is 66.9 Å². The van der Waals surface area contributed by atoms with Gasteiger partial charge < -0.3 is 11.1 Å². The quantitative estimate of drug-likeness (QED) is 0.314. The number of hydrogen-bond donors (Lipinski definition) is 2. The number of halogens is 4. The number of para-hydroxylation sites is 1. The Morgan fingerprint density at radius 3 is 2.37 bits per heavy atom. The lowest BCUT2D eigenvalue weighted by molar-refractivity contribution is 0.0977. The van der Waals surface area contributed by atoms with Crippen LogP contribution in [0, 0.1) is 0 Å². The number of anilines is 1. The highest BCUT2D eigenvalue weighted by Crippen LogP contribution is 2.37. The summed E-state index contributed by atoms with van der Waals surface area (Å²) in [5.74, 6) is -1.59. The Morgan fingerprint density at radius 2 is 1.69 bits per heavy atom. The van der Waals surface area contributed by atoms with Gasteiger partial charge in [0.2, 0.25) is 5.91 Å². The molecule has 1 aromatic heterocycles. The van der Waals surface area contributed by atoms with Gasteiger partial charge in [-0.2, -0.15) is 5.10 Å². The summed E-state index contributed by atoms with van der Waals surface area (Å²) in [7, 11) is 1.49. The van der Waals surface area contributed by atoms with Crippen LogP contribution < -0.4 is 11.1 Å². The first-order chi connectivity index (χ1) is 16.7. The summed E-state index contributed by atoms with van der Waals surface area (Å²) in [6.45, 7) is 0. The van der Waals surface area contributed by atoms with E-state index in [0.717, 1.165) is 0 Å². The minimum atomic E-state index is -2.90. The molecule has 4 aromatic rings. The van der Waals surface area contributed by atoms with Crippen molar-refractivity contribution in [1.29, 1.82) is 0 Å². The molecule has 35 heavy (non-hydrogen) atoms. The maximum atomic E-state index is 13.7. The fourth-order valence-electron chi connectivity index (χ4n) is 3.82. The zero-order chi connectivity index (χ0) is 25.3. The Morgan fingerprint density at radius 1 is 0.971 bits per heavy atom. The number of benzene rings is 3. The van der Waals surface area contributed by atoms with Gasteiger partial charge in [0.15, 0.2) is 0 Å². The van der Waals surface area contributed by atoms with E-state index in [1.807, 2.05) is 0 Å². The SMILES string of the molecule is Cn1cc(-c2cccc(C(N)=O)c2C(=O)Nc2ccccc2-c2ccc(Cl)cc2Cl)c(C(F)F)n1. The molecule has 6 nitrogen and oxygen atoms in total. The molecule has 0 saturated carbocycles. The number of hydrogen-bond acceptors (Lipinski definition) is 3. The maximum absolute atomic E-state index is 13.7. The van der Waals surface area contributed by atoms with E-state index in [2.05, 4.69) is 10.4 Å². The third kappa shape index (κ3) is 4.89. The van der Waals surface area contributed by atoms with Crippen molar-refractivity contribution in [3.8, 4) is 22.3 Å². The first-order valence-electron chi connectivity index (χ1n) is 10.3. The van der Waals surface area contributed by atoms with Gasteiger partial charge in [-0.1, -0.05) is 59.6 Å². The molecule has 2 amide bonds. The second-order valence-corrected chi connectivity index (χ2v) is 8.46. The molecular formula is C25H18Cl2F2N4O2. The Bertz CT molecular complexity index is 1450. The molecule has 1 heterocycles. The number of primary amides is 1. The summed E-state index contributed by atoms with van der Waals surface area (Å²) in [5, 5.41) is 7.40. The van der Waals surface area contributed by atoms with Gasteiger partial charge in [-0.25, -0.2) is 8.78 Å². The number of nitrogens with one attached hydrogen (secondary N) is 1. The van der Waals surface area contributed by atoms with E-state index in [-0.39, 0.29) is 22.3 Å². The normalized spacial score (nSPS) is 11.0. The van der Waals surface area contributed by atoms with Crippen molar-refractivity contribution >= 4 is 40.7 Å². The van der Waals surface area contributed by atoms with Crippen LogP contribution in [-0.2, 0) is 7.05 Å². The van der Waals surface area contributed by atoms with Crippen LogP contribution in [0.5, 0.6) is 0 Å². The summed E-state index contributed by atoms with van der Waals surface area (Å²) < 4.78 is 28.6. The van der Waals surface area contributed by atoms with Crippen molar-refractivity contribution in [3.63, 3.8) is 0 Å². The van der Waals surface area contributed by atoms with Gasteiger partial charge in [0.1, 0.15) is 5.69 Å². The van der Waals surface area contributed by atoms with Crippen molar-refractivity contribution in [2.75, 3.05) is 5.32 Å². The molecule has 0 radical (unpaired) electrons. The van der Waals surface area contributed by atoms with E-state index in [4.69, 9.17) is 28.9 Å². The third-order valence-electron chi connectivity index (χ3n) is 5.31. The third-order valence-corrected chi connectivity index (χ3v) is 5.86. The van der Waals surface area contributed by atoms with Crippen LogP contribution in [-0.4, -0.2) is 21.6 Å². The summed E-state index contributed by atoms with van der Waals surface area (Å²) in [4.78, 5) is 25.8. The number of rotatable bonds is 6. The van der Waals surface area contributed by atoms with E-state index >= 15 is 0 Å². The van der Waals surface area contributed by atoms with Crippen LogP contribution >= 0.6 is 23.2 Å². The molecule has 0 bridgehead atoms. The highest BCUT2D eigenvalue weighted by molar-refractivity contribution is 6.36. The number of alkyl halides is 2. The first kappa shape index (κ1) is 24.4. The van der Waals surface area contributed by atoms with Crippen LogP contribution in [0.25, 0.3) is 22.3 Å². The van der Waals surface area contributed by atoms with Crippen molar-refractivity contribution in [1.82, 2.24) is 9.78 Å². The van der Waals surface area contributed by atoms with Crippen molar-refractivity contribution in [2.24, 2.45) is 12.8 Å². The van der Waals surface area contributed by atoms with Gasteiger partial charge in [0, 0.05) is 45.7 Å². The van der Waals surface area contributed by atoms with E-state index in [1.165, 1.54) is 36.1 Å². The predicted molar refractivity (Wildman–Crippen MR) is 132 cm³/mol. The smallest absolute Gasteiger partial charge is 0.282 e. The molecule has 0 aliphatic heterocycles. The van der Waals surface area contributed by atoms with Crippen molar-refractivity contribution < 1.29 is 18.4 Å². The van der Waals surface area contributed by atoms with E-state index < -0.39 is 23.9 Å². The van der Waals surface area contributed by atoms with Gasteiger partial charge in [-0.05, 0) is 29.8 Å². The molecule has 0 aliphatic rings. The van der Waals surface area contributed by atoms with Gasteiger partial charge in [0.25, 0.3) is 12.3 Å². The average Bonchev–Trinajstić information content (AvgIpc) is 3.21. The number of nitrogens with two attached hydrogens (primary N) is 1. The summed E-state index contributed by atoms with van der Waals surface area (Å²) >= 11 is 12.4. The minimum Gasteiger partial charge on any atom is -0.366 e. The Kier molecular flexibility index (Phi) is 6.86. The number of aryl methyl sites for hydroxylation is 1. The van der Waals surface area contributed by atoms with E-state index in [0.29, 0.717) is 26.9 Å². The molecule has 10 heteroatoms. The molecule has 3 aromatic carbocycles. The molecule has 3 N–H and O–H groups in total. The Balaban J connectivity index is 1.84. The number of nitrogens with zero attached hydrogens (tertiary/aromatic N) is 2. The summed E-state index contributed by atoms with van der Waals surface area (Å²) in [5.41, 5.74) is 6.46. The number of aromatic nitrogens is 2. The van der Waals surface area contributed by atoms with Gasteiger partial charge in [-0.15, -0.1) is 0 Å². The number of carbonyl (C=O) groups excluding carboxylic acids is 2. The monoisotopic (exact) mass is 514 g/mol. The van der Waals surface area contributed by atoms with Crippen LogP contribution in [0.4, 0.5) is 14.5 Å². The highest BCUT2D eigenvalue weighted by atomic mass is 35.5. The molecule has 178 valence electrons. The number of amides is 2. The zero-order valence-corrected chi connectivity index (χ0v) is 19.7. The molecule has 0 spiro atoms. The lowest BCUT2D eigenvalue weighted by Crippen LogP contribution is -2.21. The van der Waals surface area contributed by atoms with Crippen LogP contribution in [0.1, 0.15) is 32.8 Å². The molecule has 0 saturated heterocycles. The van der Waals surface area contributed by atoms with Gasteiger partial charge in [-0.3, -0.25) is 14.3 Å². The van der Waals surface area contributed by atoms with Crippen molar-refractivity contribution in [2.45, 2.75) is 6.43 Å². The fourth-order valence-corrected chi connectivity index (χ4v) is 4.33. The second kappa shape index (κ2) is 9.85. The Hall–Kier alpha value is -3.75. The summed E-state index contributed by atoms with van der Waals surface area (Å²) in [6, 6.07) is 16.1. The topological polar surface area (TPSA) is 90.0 Å². The zero-order valence-electron chi connectivity index (χ0n) is 18.2. The van der Waals surface area contributed by atoms with Crippen LogP contribution in [0.3, 0.4) is 0 Å². The largest absolute Gasteiger partial charge is 0.366 e. The lowest BCUT2D eigenvalue weighted by atomic mass is 9.94. The maximum Gasteiger partial charge on any atom is 0.282 e. The molecular weight excluding hydrogens is 497 g/mol. The first-order valence-corrected chi connectivity index (χ1v) is 11.0. The average molecular weight is 515 g/mol. The van der Waals surface area contributed by atoms with Crippen LogP contribution in [0.2, 0.25) is 10.0 Å². The lowest BCUT2D eigenvalue weighted by Gasteiger charge is -2.16. The number of carbonyl (C=O) groups is 2. The fraction of sp³-hybridized carbons (Fsp3) is 0.0800. The van der Waals surface area contributed by atoms with Gasteiger partial charge in [0.05, 0.1) is 11.1 Å². The Labute approximate surface area is 209 Å².